The van der Waals surface area contributed by atoms with E-state index in [2.05, 4.69) is 20.9 Å². The molecule has 0 saturated carbocycles. The Kier molecular flexibility index (Phi) is 4.69. The van der Waals surface area contributed by atoms with Gasteiger partial charge in [0.25, 0.3) is 5.56 Å². The van der Waals surface area contributed by atoms with Crippen molar-refractivity contribution in [2.24, 2.45) is 0 Å². The second kappa shape index (κ2) is 6.60. The van der Waals surface area contributed by atoms with Crippen LogP contribution in [0.25, 0.3) is 10.9 Å². The molecule has 24 heavy (non-hydrogen) atoms. The zero-order valence-electron chi connectivity index (χ0n) is 12.9. The quantitative estimate of drug-likeness (QED) is 0.762. The number of piperazine rings is 1. The van der Waals surface area contributed by atoms with Crippen LogP contribution in [0.1, 0.15) is 17.6 Å². The van der Waals surface area contributed by atoms with Crippen molar-refractivity contribution in [2.75, 3.05) is 31.2 Å². The number of fused-ring (bicyclic) bond motifs is 1. The molecule has 9 heteroatoms. The molecule has 2 aromatic rings. The molecule has 1 aliphatic heterocycles. The lowest BCUT2D eigenvalue weighted by molar-refractivity contribution is 0.139. The Balaban J connectivity index is 2.11. The van der Waals surface area contributed by atoms with Crippen LogP contribution < -0.4 is 10.6 Å². The Morgan fingerprint density at radius 3 is 2.58 bits per heavy atom. The van der Waals surface area contributed by atoms with Crippen molar-refractivity contribution in [1.82, 2.24) is 14.6 Å². The lowest BCUT2D eigenvalue weighted by Gasteiger charge is -2.36. The van der Waals surface area contributed by atoms with Gasteiger partial charge >= 0.3 is 6.09 Å². The van der Waals surface area contributed by atoms with Gasteiger partial charge < -0.3 is 15.0 Å². The number of amides is 1. The molecule has 0 bridgehead atoms. The fourth-order valence-electron chi connectivity index (χ4n) is 2.82. The third kappa shape index (κ3) is 2.95. The maximum atomic E-state index is 13.0. The standard InChI is InChI=1S/C15H16BrClN4O3/c1-9(16)13-18-11-4-2-3-10(17)12(11)14(22)21(13)20-7-5-19(6-8-20)15(23)24/h2-4,9H,5-8H2,1H3,(H,23,24). The Hall–Kier alpha value is -1.80. The van der Waals surface area contributed by atoms with Crippen LogP contribution in [0.3, 0.4) is 0 Å². The molecule has 0 spiro atoms. The Bertz CT molecular complexity index is 846. The molecule has 0 aliphatic carbocycles. The minimum absolute atomic E-state index is 0.147. The third-order valence-electron chi connectivity index (χ3n) is 4.02. The third-order valence-corrected chi connectivity index (χ3v) is 4.74. The number of carboxylic acid groups (broad SMARTS) is 1. The van der Waals surface area contributed by atoms with E-state index in [1.807, 2.05) is 11.9 Å². The van der Waals surface area contributed by atoms with Gasteiger partial charge in [0.05, 0.1) is 33.8 Å². The van der Waals surface area contributed by atoms with E-state index in [9.17, 15) is 9.59 Å². The van der Waals surface area contributed by atoms with Gasteiger partial charge in [0, 0.05) is 13.1 Å². The first kappa shape index (κ1) is 17.0. The van der Waals surface area contributed by atoms with Crippen molar-refractivity contribution in [3.63, 3.8) is 0 Å². The molecule has 1 N–H and O–H groups in total. The largest absolute Gasteiger partial charge is 0.465 e. The Morgan fingerprint density at radius 2 is 2.00 bits per heavy atom. The summed E-state index contributed by atoms with van der Waals surface area (Å²) in [6, 6.07) is 5.18. The number of benzene rings is 1. The summed E-state index contributed by atoms with van der Waals surface area (Å²) in [6.07, 6.45) is -0.948. The van der Waals surface area contributed by atoms with Crippen LogP contribution in [0.15, 0.2) is 23.0 Å². The molecule has 128 valence electrons. The Morgan fingerprint density at radius 1 is 1.33 bits per heavy atom. The molecule has 1 aliphatic rings. The second-order valence-corrected chi connectivity index (χ2v) is 7.34. The van der Waals surface area contributed by atoms with E-state index in [-0.39, 0.29) is 10.4 Å². The molecule has 1 atom stereocenters. The summed E-state index contributed by atoms with van der Waals surface area (Å²) in [6.45, 7) is 3.38. The van der Waals surface area contributed by atoms with Crippen molar-refractivity contribution in [1.29, 1.82) is 0 Å². The highest BCUT2D eigenvalue weighted by molar-refractivity contribution is 9.09. The number of hydrogen-bond acceptors (Lipinski definition) is 4. The van der Waals surface area contributed by atoms with Gasteiger partial charge in [-0.15, -0.1) is 0 Å². The molecule has 1 amide bonds. The number of aromatic nitrogens is 2. The predicted octanol–water partition coefficient (Wildman–Crippen LogP) is 2.44. The van der Waals surface area contributed by atoms with E-state index >= 15 is 0 Å². The van der Waals surface area contributed by atoms with Gasteiger partial charge in [-0.3, -0.25) is 4.79 Å². The van der Waals surface area contributed by atoms with Crippen molar-refractivity contribution in [2.45, 2.75) is 11.8 Å². The maximum Gasteiger partial charge on any atom is 0.407 e. The number of rotatable bonds is 2. The van der Waals surface area contributed by atoms with Crippen LogP contribution in [-0.2, 0) is 0 Å². The summed E-state index contributed by atoms with van der Waals surface area (Å²) < 4.78 is 1.52. The van der Waals surface area contributed by atoms with Crippen LogP contribution in [0.5, 0.6) is 0 Å². The molecular weight excluding hydrogens is 400 g/mol. The fraction of sp³-hybridized carbons (Fsp3) is 0.400. The summed E-state index contributed by atoms with van der Waals surface area (Å²) in [4.78, 5) is 29.9. The first-order chi connectivity index (χ1) is 11.4. The van der Waals surface area contributed by atoms with Gasteiger partial charge in [0.2, 0.25) is 0 Å². The molecule has 1 aromatic heterocycles. The second-order valence-electron chi connectivity index (χ2n) is 5.56. The zero-order valence-corrected chi connectivity index (χ0v) is 15.3. The molecule has 7 nitrogen and oxygen atoms in total. The van der Waals surface area contributed by atoms with Crippen molar-refractivity contribution >= 4 is 44.5 Å². The van der Waals surface area contributed by atoms with Gasteiger partial charge in [-0.2, -0.15) is 0 Å². The molecule has 1 aromatic carbocycles. The summed E-state index contributed by atoms with van der Waals surface area (Å²) in [5.41, 5.74) is 0.310. The molecular formula is C15H16BrClN4O3. The first-order valence-electron chi connectivity index (χ1n) is 7.48. The predicted molar refractivity (Wildman–Crippen MR) is 95.9 cm³/mol. The normalized spacial score (nSPS) is 16.5. The van der Waals surface area contributed by atoms with E-state index in [1.165, 1.54) is 9.58 Å². The molecule has 1 saturated heterocycles. The highest BCUT2D eigenvalue weighted by atomic mass is 79.9. The number of carbonyl (C=O) groups is 1. The minimum Gasteiger partial charge on any atom is -0.465 e. The van der Waals surface area contributed by atoms with Crippen LogP contribution >= 0.6 is 27.5 Å². The lowest BCUT2D eigenvalue weighted by atomic mass is 10.2. The minimum atomic E-state index is -0.948. The Labute approximate surface area is 151 Å². The van der Waals surface area contributed by atoms with Gasteiger partial charge in [0.1, 0.15) is 5.82 Å². The molecule has 2 heterocycles. The summed E-state index contributed by atoms with van der Waals surface area (Å²) in [5, 5.41) is 11.6. The first-order valence-corrected chi connectivity index (χ1v) is 8.78. The monoisotopic (exact) mass is 414 g/mol. The molecule has 0 radical (unpaired) electrons. The summed E-state index contributed by atoms with van der Waals surface area (Å²) in [7, 11) is 0. The van der Waals surface area contributed by atoms with E-state index in [4.69, 9.17) is 16.7 Å². The van der Waals surface area contributed by atoms with Crippen molar-refractivity contribution in [3.8, 4) is 0 Å². The van der Waals surface area contributed by atoms with E-state index in [1.54, 1.807) is 18.2 Å². The number of alkyl halides is 1. The van der Waals surface area contributed by atoms with Crippen molar-refractivity contribution in [3.05, 3.63) is 39.4 Å². The highest BCUT2D eigenvalue weighted by Crippen LogP contribution is 2.24. The van der Waals surface area contributed by atoms with Gasteiger partial charge in [-0.1, -0.05) is 33.6 Å². The van der Waals surface area contributed by atoms with Crippen molar-refractivity contribution < 1.29 is 9.90 Å². The number of nitrogens with zero attached hydrogens (tertiary/aromatic N) is 4. The average Bonchev–Trinajstić information content (AvgIpc) is 2.54. The zero-order chi connectivity index (χ0) is 17.4. The lowest BCUT2D eigenvalue weighted by Crippen LogP contribution is -2.56. The number of halogens is 2. The molecule has 3 rings (SSSR count). The molecule has 1 unspecified atom stereocenters. The van der Waals surface area contributed by atoms with E-state index in [0.29, 0.717) is 47.9 Å². The van der Waals surface area contributed by atoms with Gasteiger partial charge in [-0.05, 0) is 19.1 Å². The fourth-order valence-corrected chi connectivity index (χ4v) is 3.36. The number of hydrogen-bond donors (Lipinski definition) is 1. The topological polar surface area (TPSA) is 78.7 Å². The highest BCUT2D eigenvalue weighted by Gasteiger charge is 2.25. The summed E-state index contributed by atoms with van der Waals surface area (Å²) in [5.74, 6) is 0.568. The SMILES string of the molecule is CC(Br)c1nc2cccc(Cl)c2c(=O)n1N1CCN(C(=O)O)CC1. The van der Waals surface area contributed by atoms with Crippen LogP contribution in [0.4, 0.5) is 4.79 Å². The van der Waals surface area contributed by atoms with Crippen LogP contribution in [-0.4, -0.2) is 51.9 Å². The van der Waals surface area contributed by atoms with Crippen LogP contribution in [0.2, 0.25) is 5.02 Å². The maximum absolute atomic E-state index is 13.0. The van der Waals surface area contributed by atoms with Gasteiger partial charge in [-0.25, -0.2) is 14.5 Å². The smallest absolute Gasteiger partial charge is 0.407 e. The van der Waals surface area contributed by atoms with E-state index < -0.39 is 6.09 Å². The van der Waals surface area contributed by atoms with Gasteiger partial charge in [0.15, 0.2) is 0 Å². The molecule has 1 fully saturated rings. The van der Waals surface area contributed by atoms with E-state index in [0.717, 1.165) is 0 Å². The van der Waals surface area contributed by atoms with Crippen LogP contribution in [0, 0.1) is 0 Å². The average molecular weight is 416 g/mol. The summed E-state index contributed by atoms with van der Waals surface area (Å²) >= 11 is 9.69.